The van der Waals surface area contributed by atoms with E-state index in [1.165, 1.54) is 25.5 Å². The van der Waals surface area contributed by atoms with Gasteiger partial charge in [-0.2, -0.15) is 4.98 Å². The molecule has 6 nitrogen and oxygen atoms in total. The number of carbonyl (C=O) groups excluding carboxylic acids is 1. The summed E-state index contributed by atoms with van der Waals surface area (Å²) in [6.45, 7) is 3.35. The van der Waals surface area contributed by atoms with E-state index in [2.05, 4.69) is 45.2 Å². The molecular weight excluding hydrogens is 378 g/mol. The minimum absolute atomic E-state index is 0.219. The highest BCUT2D eigenvalue weighted by Crippen LogP contribution is 2.24. The molecule has 30 heavy (non-hydrogen) atoms. The van der Waals surface area contributed by atoms with Crippen molar-refractivity contribution in [1.82, 2.24) is 14.9 Å². The van der Waals surface area contributed by atoms with E-state index in [1.54, 1.807) is 6.20 Å². The molecule has 0 unspecified atom stereocenters. The van der Waals surface area contributed by atoms with Gasteiger partial charge in [-0.25, -0.2) is 4.98 Å². The zero-order valence-corrected chi connectivity index (χ0v) is 17.5. The van der Waals surface area contributed by atoms with E-state index < -0.39 is 0 Å². The fourth-order valence-corrected chi connectivity index (χ4v) is 4.10. The van der Waals surface area contributed by atoms with Gasteiger partial charge in [-0.15, -0.1) is 0 Å². The zero-order chi connectivity index (χ0) is 20.8. The topological polar surface area (TPSA) is 68.5 Å². The van der Waals surface area contributed by atoms with E-state index in [0.29, 0.717) is 24.1 Å². The third-order valence-corrected chi connectivity index (χ3v) is 5.92. The predicted octanol–water partition coefficient (Wildman–Crippen LogP) is 4.17. The average Bonchev–Trinajstić information content (AvgIpc) is 3.20. The summed E-state index contributed by atoms with van der Waals surface area (Å²) in [4.78, 5) is 22.8. The Hall–Kier alpha value is -2.73. The lowest BCUT2D eigenvalue weighted by molar-refractivity contribution is -0.140. The van der Waals surface area contributed by atoms with Gasteiger partial charge in [0.1, 0.15) is 0 Å². The highest BCUT2D eigenvalue weighted by atomic mass is 16.5. The third kappa shape index (κ3) is 5.45. The van der Waals surface area contributed by atoms with Crippen molar-refractivity contribution in [3.63, 3.8) is 0 Å². The number of methoxy groups -OCH3 is 1. The monoisotopic (exact) mass is 407 g/mol. The van der Waals surface area contributed by atoms with Crippen molar-refractivity contribution >= 4 is 17.2 Å². The quantitative estimate of drug-likeness (QED) is 0.522. The summed E-state index contributed by atoms with van der Waals surface area (Å²) in [5, 5.41) is 0. The molecule has 0 atom stereocenters. The Balaban J connectivity index is 1.25. The molecule has 1 fully saturated rings. The van der Waals surface area contributed by atoms with Crippen LogP contribution in [0.1, 0.15) is 42.7 Å². The van der Waals surface area contributed by atoms with Crippen LogP contribution < -0.4 is 0 Å². The lowest BCUT2D eigenvalue weighted by Crippen LogP contribution is -2.33. The maximum Gasteiger partial charge on any atom is 0.305 e. The maximum absolute atomic E-state index is 11.3. The standard InChI is InChI=1S/C24H29N3O3/c1-29-23(28)10-8-20-15-21-24(25-16-20)26-22(30-21)9-7-18-11-13-27(14-12-18)17-19-5-3-2-4-6-19/h2-6,15-16,18H,7-14,17H2,1H3. The minimum atomic E-state index is -0.219. The number of esters is 1. The highest BCUT2D eigenvalue weighted by Gasteiger charge is 2.20. The number of nitrogens with zero attached hydrogens (tertiary/aromatic N) is 3. The number of aryl methyl sites for hydroxylation is 2. The summed E-state index contributed by atoms with van der Waals surface area (Å²) in [5.41, 5.74) is 3.69. The van der Waals surface area contributed by atoms with Crippen molar-refractivity contribution in [2.45, 2.75) is 45.1 Å². The van der Waals surface area contributed by atoms with Gasteiger partial charge in [-0.05, 0) is 61.9 Å². The molecule has 1 aliphatic heterocycles. The molecule has 0 amide bonds. The van der Waals surface area contributed by atoms with E-state index in [1.807, 2.05) is 6.07 Å². The summed E-state index contributed by atoms with van der Waals surface area (Å²) in [5.74, 6) is 1.26. The van der Waals surface area contributed by atoms with Crippen molar-refractivity contribution in [1.29, 1.82) is 0 Å². The number of hydrogen-bond donors (Lipinski definition) is 0. The lowest BCUT2D eigenvalue weighted by Gasteiger charge is -2.31. The second kappa shape index (κ2) is 9.85. The van der Waals surface area contributed by atoms with E-state index in [0.717, 1.165) is 49.8 Å². The van der Waals surface area contributed by atoms with Gasteiger partial charge < -0.3 is 9.15 Å². The smallest absolute Gasteiger partial charge is 0.305 e. The van der Waals surface area contributed by atoms with Crippen LogP contribution in [0.5, 0.6) is 0 Å². The van der Waals surface area contributed by atoms with Crippen LogP contribution >= 0.6 is 0 Å². The Bertz CT molecular complexity index is 962. The van der Waals surface area contributed by atoms with Crippen molar-refractivity contribution in [3.05, 3.63) is 59.6 Å². The Kier molecular flexibility index (Phi) is 6.74. The molecule has 0 spiro atoms. The first-order valence-electron chi connectivity index (χ1n) is 10.8. The Morgan fingerprint density at radius 2 is 1.97 bits per heavy atom. The number of piperidine rings is 1. The van der Waals surface area contributed by atoms with Crippen LogP contribution in [0.3, 0.4) is 0 Å². The van der Waals surface area contributed by atoms with E-state index in [-0.39, 0.29) is 5.97 Å². The molecule has 1 aliphatic rings. The van der Waals surface area contributed by atoms with Crippen LogP contribution in [0.2, 0.25) is 0 Å². The normalized spacial score (nSPS) is 15.5. The zero-order valence-electron chi connectivity index (χ0n) is 17.5. The van der Waals surface area contributed by atoms with Crippen molar-refractivity contribution in [3.8, 4) is 0 Å². The molecule has 2 aromatic heterocycles. The first kappa shape index (κ1) is 20.5. The molecular formula is C24H29N3O3. The minimum Gasteiger partial charge on any atom is -0.469 e. The fourth-order valence-electron chi connectivity index (χ4n) is 4.10. The number of aromatic nitrogens is 2. The van der Waals surface area contributed by atoms with Crippen LogP contribution in [0.25, 0.3) is 11.2 Å². The average molecular weight is 408 g/mol. The molecule has 6 heteroatoms. The number of rotatable bonds is 8. The molecule has 0 aliphatic carbocycles. The number of ether oxygens (including phenoxy) is 1. The third-order valence-electron chi connectivity index (χ3n) is 5.92. The first-order chi connectivity index (χ1) is 14.7. The van der Waals surface area contributed by atoms with Crippen molar-refractivity contribution < 1.29 is 13.9 Å². The van der Waals surface area contributed by atoms with Gasteiger partial charge in [-0.1, -0.05) is 30.3 Å². The van der Waals surface area contributed by atoms with Crippen molar-refractivity contribution in [2.24, 2.45) is 5.92 Å². The van der Waals surface area contributed by atoms with Crippen molar-refractivity contribution in [2.75, 3.05) is 20.2 Å². The molecule has 3 heterocycles. The van der Waals surface area contributed by atoms with Crippen LogP contribution in [0.15, 0.2) is 47.0 Å². The molecule has 3 aromatic rings. The predicted molar refractivity (Wildman–Crippen MR) is 115 cm³/mol. The van der Waals surface area contributed by atoms with Crippen LogP contribution in [-0.2, 0) is 28.9 Å². The first-order valence-corrected chi connectivity index (χ1v) is 10.8. The summed E-state index contributed by atoms with van der Waals surface area (Å²) < 4.78 is 10.6. The molecule has 158 valence electrons. The second-order valence-electron chi connectivity index (χ2n) is 8.09. The number of fused-ring (bicyclic) bond motifs is 1. The molecule has 0 N–H and O–H groups in total. The van der Waals surface area contributed by atoms with Gasteiger partial charge >= 0.3 is 5.97 Å². The SMILES string of the molecule is COC(=O)CCc1cnc2nc(CCC3CCN(Cc4ccccc4)CC3)oc2c1. The summed E-state index contributed by atoms with van der Waals surface area (Å²) in [6, 6.07) is 12.6. The van der Waals surface area contributed by atoms with E-state index in [4.69, 9.17) is 9.15 Å². The molecule has 0 radical (unpaired) electrons. The van der Waals surface area contributed by atoms with Crippen LogP contribution in [-0.4, -0.2) is 41.0 Å². The Morgan fingerprint density at radius 1 is 1.17 bits per heavy atom. The van der Waals surface area contributed by atoms with Gasteiger partial charge in [0.2, 0.25) is 0 Å². The maximum atomic E-state index is 11.3. The largest absolute Gasteiger partial charge is 0.469 e. The number of oxazole rings is 1. The molecule has 0 saturated carbocycles. The fraction of sp³-hybridized carbons (Fsp3) is 0.458. The van der Waals surface area contributed by atoms with Gasteiger partial charge in [0.15, 0.2) is 17.1 Å². The summed E-state index contributed by atoms with van der Waals surface area (Å²) in [7, 11) is 1.40. The summed E-state index contributed by atoms with van der Waals surface area (Å²) in [6.07, 6.45) is 7.09. The molecule has 1 saturated heterocycles. The number of carbonyl (C=O) groups is 1. The number of pyridine rings is 1. The number of benzene rings is 1. The number of likely N-dealkylation sites (tertiary alicyclic amines) is 1. The van der Waals surface area contributed by atoms with Crippen LogP contribution in [0.4, 0.5) is 0 Å². The second-order valence-corrected chi connectivity index (χ2v) is 8.09. The van der Waals surface area contributed by atoms with Gasteiger partial charge in [0, 0.05) is 25.6 Å². The summed E-state index contributed by atoms with van der Waals surface area (Å²) >= 11 is 0. The molecule has 1 aromatic carbocycles. The van der Waals surface area contributed by atoms with Gasteiger partial charge in [-0.3, -0.25) is 9.69 Å². The number of hydrogen-bond acceptors (Lipinski definition) is 6. The molecule has 0 bridgehead atoms. The van der Waals surface area contributed by atoms with Gasteiger partial charge in [0.05, 0.1) is 7.11 Å². The van der Waals surface area contributed by atoms with Crippen LogP contribution in [0, 0.1) is 5.92 Å². The van der Waals surface area contributed by atoms with E-state index in [9.17, 15) is 4.79 Å². The lowest BCUT2D eigenvalue weighted by atomic mass is 9.92. The Labute approximate surface area is 177 Å². The Morgan fingerprint density at radius 3 is 2.73 bits per heavy atom. The highest BCUT2D eigenvalue weighted by molar-refractivity contribution is 5.71. The molecule has 4 rings (SSSR count). The van der Waals surface area contributed by atoms with E-state index >= 15 is 0 Å². The van der Waals surface area contributed by atoms with Gasteiger partial charge in [0.25, 0.3) is 0 Å².